The number of nitrogens with zero attached hydrogens (tertiary/aromatic N) is 1. The Morgan fingerprint density at radius 1 is 1.26 bits per heavy atom. The normalized spacial score (nSPS) is 10.1. The zero-order valence-corrected chi connectivity index (χ0v) is 12.1. The molecule has 0 spiro atoms. The zero-order valence-electron chi connectivity index (χ0n) is 11.4. The SMILES string of the molecule is C=C(C)CN(CC(=C)C)c1ccc(Cl)c(C(N)=O)c1. The van der Waals surface area contributed by atoms with Crippen LogP contribution in [0.4, 0.5) is 5.69 Å². The summed E-state index contributed by atoms with van der Waals surface area (Å²) in [6.45, 7) is 13.1. The van der Waals surface area contributed by atoms with Crippen LogP contribution in [0.15, 0.2) is 42.5 Å². The van der Waals surface area contributed by atoms with Gasteiger partial charge in [0, 0.05) is 18.8 Å². The Balaban J connectivity index is 3.14. The van der Waals surface area contributed by atoms with Crippen LogP contribution in [0, 0.1) is 0 Å². The summed E-state index contributed by atoms with van der Waals surface area (Å²) in [5.41, 5.74) is 8.56. The van der Waals surface area contributed by atoms with E-state index in [0.717, 1.165) is 16.8 Å². The first-order valence-electron chi connectivity index (χ1n) is 5.94. The molecule has 0 heterocycles. The van der Waals surface area contributed by atoms with Crippen LogP contribution in [0.2, 0.25) is 5.02 Å². The van der Waals surface area contributed by atoms with Crippen molar-refractivity contribution in [2.75, 3.05) is 18.0 Å². The van der Waals surface area contributed by atoms with Gasteiger partial charge in [-0.15, -0.1) is 0 Å². The van der Waals surface area contributed by atoms with Crippen LogP contribution in [0.3, 0.4) is 0 Å². The number of hydrogen-bond donors (Lipinski definition) is 1. The molecule has 0 aromatic heterocycles. The highest BCUT2D eigenvalue weighted by Gasteiger charge is 2.12. The standard InChI is InChI=1S/C15H19ClN2O/c1-10(2)8-18(9-11(3)4)12-5-6-14(16)13(7-12)15(17)19/h5-7H,1,3,8-9H2,2,4H3,(H2,17,19). The van der Waals surface area contributed by atoms with E-state index in [1.807, 2.05) is 19.9 Å². The highest BCUT2D eigenvalue weighted by atomic mass is 35.5. The number of benzene rings is 1. The molecule has 0 bridgehead atoms. The van der Waals surface area contributed by atoms with Gasteiger partial charge in [0.25, 0.3) is 0 Å². The Labute approximate surface area is 119 Å². The van der Waals surface area contributed by atoms with E-state index in [1.165, 1.54) is 0 Å². The Morgan fingerprint density at radius 2 is 1.79 bits per heavy atom. The van der Waals surface area contributed by atoms with Crippen molar-refractivity contribution in [1.82, 2.24) is 0 Å². The summed E-state index contributed by atoms with van der Waals surface area (Å²) < 4.78 is 0. The highest BCUT2D eigenvalue weighted by Crippen LogP contribution is 2.24. The first-order chi connectivity index (χ1) is 8.81. The second-order valence-electron chi connectivity index (χ2n) is 4.80. The second-order valence-corrected chi connectivity index (χ2v) is 5.21. The molecule has 0 saturated carbocycles. The molecule has 3 nitrogen and oxygen atoms in total. The summed E-state index contributed by atoms with van der Waals surface area (Å²) in [5.74, 6) is -0.530. The molecule has 1 amide bonds. The molecule has 0 radical (unpaired) electrons. The number of halogens is 1. The Kier molecular flexibility index (Phi) is 5.19. The van der Waals surface area contributed by atoms with Crippen LogP contribution in [-0.4, -0.2) is 19.0 Å². The topological polar surface area (TPSA) is 46.3 Å². The van der Waals surface area contributed by atoms with Gasteiger partial charge in [0.2, 0.25) is 5.91 Å². The number of nitrogens with two attached hydrogens (primary N) is 1. The molecule has 0 atom stereocenters. The van der Waals surface area contributed by atoms with Gasteiger partial charge in [0.1, 0.15) is 0 Å². The zero-order chi connectivity index (χ0) is 14.6. The molecule has 0 fully saturated rings. The molecule has 1 aromatic carbocycles. The maximum Gasteiger partial charge on any atom is 0.250 e. The van der Waals surface area contributed by atoms with Gasteiger partial charge in [-0.05, 0) is 32.0 Å². The molecule has 102 valence electrons. The Hall–Kier alpha value is -1.74. The molecule has 0 aliphatic rings. The van der Waals surface area contributed by atoms with Crippen molar-refractivity contribution in [3.8, 4) is 0 Å². The molecule has 4 heteroatoms. The van der Waals surface area contributed by atoms with E-state index in [-0.39, 0.29) is 0 Å². The number of rotatable bonds is 6. The van der Waals surface area contributed by atoms with E-state index >= 15 is 0 Å². The van der Waals surface area contributed by atoms with Crippen LogP contribution < -0.4 is 10.6 Å². The lowest BCUT2D eigenvalue weighted by Gasteiger charge is -2.25. The minimum Gasteiger partial charge on any atom is -0.366 e. The summed E-state index contributed by atoms with van der Waals surface area (Å²) in [6.07, 6.45) is 0. The van der Waals surface area contributed by atoms with Crippen molar-refractivity contribution >= 4 is 23.2 Å². The van der Waals surface area contributed by atoms with Crippen molar-refractivity contribution in [3.05, 3.63) is 53.1 Å². The third kappa shape index (κ3) is 4.45. The molecule has 2 N–H and O–H groups in total. The predicted molar refractivity (Wildman–Crippen MR) is 81.8 cm³/mol. The van der Waals surface area contributed by atoms with Gasteiger partial charge in [0.05, 0.1) is 10.6 Å². The third-order valence-electron chi connectivity index (χ3n) is 2.50. The number of hydrogen-bond acceptors (Lipinski definition) is 2. The largest absolute Gasteiger partial charge is 0.366 e. The molecule has 1 aromatic rings. The van der Waals surface area contributed by atoms with Crippen molar-refractivity contribution < 1.29 is 4.79 Å². The number of carbonyl (C=O) groups excluding carboxylic acids is 1. The van der Waals surface area contributed by atoms with Crippen molar-refractivity contribution in [2.24, 2.45) is 5.73 Å². The quantitative estimate of drug-likeness (QED) is 0.811. The molecular formula is C15H19ClN2O. The summed E-state index contributed by atoms with van der Waals surface area (Å²) in [7, 11) is 0. The summed E-state index contributed by atoms with van der Waals surface area (Å²) >= 11 is 5.95. The van der Waals surface area contributed by atoms with Crippen molar-refractivity contribution in [2.45, 2.75) is 13.8 Å². The lowest BCUT2D eigenvalue weighted by Crippen LogP contribution is -2.27. The van der Waals surface area contributed by atoms with E-state index in [0.29, 0.717) is 23.7 Å². The van der Waals surface area contributed by atoms with Gasteiger partial charge in [-0.25, -0.2) is 0 Å². The van der Waals surface area contributed by atoms with Gasteiger partial charge < -0.3 is 10.6 Å². The molecule has 19 heavy (non-hydrogen) atoms. The smallest absolute Gasteiger partial charge is 0.250 e. The van der Waals surface area contributed by atoms with Gasteiger partial charge in [-0.2, -0.15) is 0 Å². The maximum absolute atomic E-state index is 11.3. The van der Waals surface area contributed by atoms with E-state index in [9.17, 15) is 4.79 Å². The maximum atomic E-state index is 11.3. The minimum absolute atomic E-state index is 0.326. The predicted octanol–water partition coefficient (Wildman–Crippen LogP) is 3.40. The number of anilines is 1. The number of primary amides is 1. The van der Waals surface area contributed by atoms with Crippen LogP contribution in [-0.2, 0) is 0 Å². The van der Waals surface area contributed by atoms with Crippen LogP contribution in [0.25, 0.3) is 0 Å². The average Bonchev–Trinajstić information content (AvgIpc) is 2.27. The highest BCUT2D eigenvalue weighted by molar-refractivity contribution is 6.33. The first-order valence-corrected chi connectivity index (χ1v) is 6.32. The summed E-state index contributed by atoms with van der Waals surface area (Å²) in [4.78, 5) is 13.4. The van der Waals surface area contributed by atoms with Gasteiger partial charge in [-0.1, -0.05) is 35.9 Å². The lowest BCUT2D eigenvalue weighted by atomic mass is 10.1. The van der Waals surface area contributed by atoms with Gasteiger partial charge >= 0.3 is 0 Å². The van der Waals surface area contributed by atoms with Crippen molar-refractivity contribution in [3.63, 3.8) is 0 Å². The van der Waals surface area contributed by atoms with E-state index in [2.05, 4.69) is 18.1 Å². The molecule has 0 unspecified atom stereocenters. The van der Waals surface area contributed by atoms with E-state index in [4.69, 9.17) is 17.3 Å². The first kappa shape index (κ1) is 15.3. The van der Waals surface area contributed by atoms with Gasteiger partial charge in [-0.3, -0.25) is 4.79 Å². The summed E-state index contributed by atoms with van der Waals surface area (Å²) in [6, 6.07) is 5.25. The molecule has 0 aliphatic carbocycles. The molecule has 0 aliphatic heterocycles. The molecule has 1 rings (SSSR count). The summed E-state index contributed by atoms with van der Waals surface area (Å²) in [5, 5.41) is 0.363. The fourth-order valence-corrected chi connectivity index (χ4v) is 2.00. The molecular weight excluding hydrogens is 260 g/mol. The second kappa shape index (κ2) is 6.43. The molecule has 0 saturated heterocycles. The van der Waals surface area contributed by atoms with Crippen LogP contribution in [0.1, 0.15) is 24.2 Å². The van der Waals surface area contributed by atoms with Gasteiger partial charge in [0.15, 0.2) is 0 Å². The average molecular weight is 279 g/mol. The Morgan fingerprint density at radius 3 is 2.21 bits per heavy atom. The van der Waals surface area contributed by atoms with Crippen LogP contribution >= 0.6 is 11.6 Å². The fourth-order valence-electron chi connectivity index (χ4n) is 1.79. The lowest BCUT2D eigenvalue weighted by molar-refractivity contribution is 0.100. The Bertz CT molecular complexity index is 507. The number of carbonyl (C=O) groups is 1. The van der Waals surface area contributed by atoms with E-state index in [1.54, 1.807) is 12.1 Å². The minimum atomic E-state index is -0.530. The fraction of sp³-hybridized carbons (Fsp3) is 0.267. The third-order valence-corrected chi connectivity index (χ3v) is 2.83. The monoisotopic (exact) mass is 278 g/mol. The van der Waals surface area contributed by atoms with E-state index < -0.39 is 5.91 Å². The number of amides is 1. The van der Waals surface area contributed by atoms with Crippen molar-refractivity contribution in [1.29, 1.82) is 0 Å². The van der Waals surface area contributed by atoms with Crippen LogP contribution in [0.5, 0.6) is 0 Å².